The van der Waals surface area contributed by atoms with Gasteiger partial charge in [-0.25, -0.2) is 0 Å². The predicted molar refractivity (Wildman–Crippen MR) is 88.7 cm³/mol. The van der Waals surface area contributed by atoms with Crippen LogP contribution in [0.1, 0.15) is 35.1 Å². The molecule has 0 aliphatic carbocycles. The Kier molecular flexibility index (Phi) is 5.15. The lowest BCUT2D eigenvalue weighted by atomic mass is 10.1. The van der Waals surface area contributed by atoms with E-state index in [2.05, 4.69) is 42.6 Å². The summed E-state index contributed by atoms with van der Waals surface area (Å²) in [5.41, 5.74) is 5.80. The first kappa shape index (κ1) is 15.3. The summed E-state index contributed by atoms with van der Waals surface area (Å²) in [6, 6.07) is 14.6. The predicted octanol–water partition coefficient (Wildman–Crippen LogP) is 4.57. The summed E-state index contributed by atoms with van der Waals surface area (Å²) < 4.78 is 0. The van der Waals surface area contributed by atoms with Crippen LogP contribution >= 0.6 is 0 Å². The number of hydrogen-bond donors (Lipinski definition) is 1. The van der Waals surface area contributed by atoms with Crippen LogP contribution in [-0.4, -0.2) is 5.91 Å². The molecule has 0 atom stereocenters. The molecule has 0 heterocycles. The van der Waals surface area contributed by atoms with Crippen LogP contribution in [-0.2, 0) is 11.2 Å². The van der Waals surface area contributed by atoms with Crippen LogP contribution in [0.3, 0.4) is 0 Å². The molecule has 1 amide bonds. The monoisotopic (exact) mass is 281 g/mol. The number of carbonyl (C=O) groups is 1. The van der Waals surface area contributed by atoms with E-state index in [1.807, 2.05) is 26.0 Å². The lowest BCUT2D eigenvalue weighted by Crippen LogP contribution is -2.11. The van der Waals surface area contributed by atoms with E-state index < -0.39 is 0 Å². The van der Waals surface area contributed by atoms with Crippen LogP contribution in [0.25, 0.3) is 0 Å². The lowest BCUT2D eigenvalue weighted by Gasteiger charge is -2.08. The maximum absolute atomic E-state index is 12.0. The fraction of sp³-hybridized carbons (Fsp3) is 0.316. The lowest BCUT2D eigenvalue weighted by molar-refractivity contribution is -0.116. The van der Waals surface area contributed by atoms with Gasteiger partial charge in [0.2, 0.25) is 5.91 Å². The van der Waals surface area contributed by atoms with Crippen LogP contribution in [0.2, 0.25) is 0 Å². The van der Waals surface area contributed by atoms with Gasteiger partial charge < -0.3 is 5.32 Å². The van der Waals surface area contributed by atoms with Gasteiger partial charge in [0, 0.05) is 12.1 Å². The third-order valence-corrected chi connectivity index (χ3v) is 3.50. The number of benzene rings is 2. The Morgan fingerprint density at radius 1 is 0.905 bits per heavy atom. The van der Waals surface area contributed by atoms with Crippen LogP contribution in [0.5, 0.6) is 0 Å². The van der Waals surface area contributed by atoms with Gasteiger partial charge in [0.1, 0.15) is 0 Å². The number of rotatable bonds is 5. The molecule has 2 heteroatoms. The van der Waals surface area contributed by atoms with Crippen molar-refractivity contribution < 1.29 is 4.79 Å². The van der Waals surface area contributed by atoms with Crippen molar-refractivity contribution in [3.63, 3.8) is 0 Å². The molecule has 0 spiro atoms. The molecule has 2 rings (SSSR count). The molecule has 0 fully saturated rings. The van der Waals surface area contributed by atoms with Crippen LogP contribution < -0.4 is 5.32 Å². The molecule has 0 aromatic heterocycles. The zero-order chi connectivity index (χ0) is 15.2. The molecular weight excluding hydrogens is 258 g/mol. The van der Waals surface area contributed by atoms with Gasteiger partial charge in [0.15, 0.2) is 0 Å². The smallest absolute Gasteiger partial charge is 0.224 e. The van der Waals surface area contributed by atoms with E-state index in [0.29, 0.717) is 6.42 Å². The number of nitrogens with one attached hydrogen (secondary N) is 1. The van der Waals surface area contributed by atoms with E-state index in [0.717, 1.165) is 18.5 Å². The van der Waals surface area contributed by atoms with Crippen molar-refractivity contribution in [2.45, 2.75) is 40.0 Å². The van der Waals surface area contributed by atoms with E-state index in [9.17, 15) is 4.79 Å². The highest BCUT2D eigenvalue weighted by Crippen LogP contribution is 2.14. The standard InChI is InChI=1S/C19H23NO/c1-14-7-9-17(10-8-14)5-4-6-19(21)20-18-12-15(2)11-16(3)13-18/h7-13H,4-6H2,1-3H3,(H,20,21). The molecule has 0 saturated heterocycles. The van der Waals surface area contributed by atoms with Crippen molar-refractivity contribution >= 4 is 11.6 Å². The molecule has 21 heavy (non-hydrogen) atoms. The molecular formula is C19H23NO. The fourth-order valence-electron chi connectivity index (χ4n) is 2.48. The molecule has 0 bridgehead atoms. The first-order valence-electron chi connectivity index (χ1n) is 7.46. The molecule has 0 saturated carbocycles. The number of anilines is 1. The molecule has 2 aromatic rings. The summed E-state index contributed by atoms with van der Waals surface area (Å²) in [4.78, 5) is 12.0. The van der Waals surface area contributed by atoms with E-state index in [1.54, 1.807) is 0 Å². The summed E-state index contributed by atoms with van der Waals surface area (Å²) >= 11 is 0. The quantitative estimate of drug-likeness (QED) is 0.854. The van der Waals surface area contributed by atoms with Gasteiger partial charge in [0.25, 0.3) is 0 Å². The average Bonchev–Trinajstić information content (AvgIpc) is 2.39. The zero-order valence-electron chi connectivity index (χ0n) is 13.1. The second-order valence-electron chi connectivity index (χ2n) is 5.76. The summed E-state index contributed by atoms with van der Waals surface area (Å²) in [7, 11) is 0. The van der Waals surface area contributed by atoms with Gasteiger partial charge in [-0.2, -0.15) is 0 Å². The van der Waals surface area contributed by atoms with Gasteiger partial charge in [0.05, 0.1) is 0 Å². The zero-order valence-corrected chi connectivity index (χ0v) is 13.1. The van der Waals surface area contributed by atoms with E-state index in [1.165, 1.54) is 22.3 Å². The SMILES string of the molecule is Cc1ccc(CCCC(=O)Nc2cc(C)cc(C)c2)cc1. The van der Waals surface area contributed by atoms with Crippen molar-refractivity contribution in [3.05, 3.63) is 64.7 Å². The van der Waals surface area contributed by atoms with Crippen molar-refractivity contribution in [1.29, 1.82) is 0 Å². The molecule has 110 valence electrons. The molecule has 2 aromatic carbocycles. The summed E-state index contributed by atoms with van der Waals surface area (Å²) in [5.74, 6) is 0.0899. The van der Waals surface area contributed by atoms with Crippen LogP contribution in [0.15, 0.2) is 42.5 Å². The maximum Gasteiger partial charge on any atom is 0.224 e. The number of carbonyl (C=O) groups excluding carboxylic acids is 1. The van der Waals surface area contributed by atoms with Gasteiger partial charge in [-0.05, 0) is 62.4 Å². The summed E-state index contributed by atoms with van der Waals surface area (Å²) in [6.07, 6.45) is 2.38. The molecule has 1 N–H and O–H groups in total. The van der Waals surface area contributed by atoms with Gasteiger partial charge in [-0.3, -0.25) is 4.79 Å². The highest BCUT2D eigenvalue weighted by molar-refractivity contribution is 5.90. The number of amides is 1. The molecule has 0 aliphatic heterocycles. The minimum atomic E-state index is 0.0899. The van der Waals surface area contributed by atoms with Crippen molar-refractivity contribution in [2.75, 3.05) is 5.32 Å². The first-order valence-corrected chi connectivity index (χ1v) is 7.46. The minimum Gasteiger partial charge on any atom is -0.326 e. The normalized spacial score (nSPS) is 10.4. The minimum absolute atomic E-state index is 0.0899. The largest absolute Gasteiger partial charge is 0.326 e. The number of hydrogen-bond acceptors (Lipinski definition) is 1. The molecule has 0 aliphatic rings. The third-order valence-electron chi connectivity index (χ3n) is 3.50. The maximum atomic E-state index is 12.0. The van der Waals surface area contributed by atoms with Crippen LogP contribution in [0, 0.1) is 20.8 Å². The van der Waals surface area contributed by atoms with Crippen molar-refractivity contribution in [2.24, 2.45) is 0 Å². The summed E-state index contributed by atoms with van der Waals surface area (Å²) in [6.45, 7) is 6.17. The highest BCUT2D eigenvalue weighted by atomic mass is 16.1. The van der Waals surface area contributed by atoms with E-state index in [4.69, 9.17) is 0 Å². The second-order valence-corrected chi connectivity index (χ2v) is 5.76. The Hall–Kier alpha value is -2.09. The molecule has 0 radical (unpaired) electrons. The van der Waals surface area contributed by atoms with Crippen molar-refractivity contribution in [3.8, 4) is 0 Å². The number of aryl methyl sites for hydroxylation is 4. The Balaban J connectivity index is 1.80. The van der Waals surface area contributed by atoms with E-state index in [-0.39, 0.29) is 5.91 Å². The molecule has 2 nitrogen and oxygen atoms in total. The van der Waals surface area contributed by atoms with E-state index >= 15 is 0 Å². The summed E-state index contributed by atoms with van der Waals surface area (Å²) in [5, 5.41) is 2.98. The Bertz CT molecular complexity index is 594. The van der Waals surface area contributed by atoms with Crippen LogP contribution in [0.4, 0.5) is 5.69 Å². The third kappa shape index (κ3) is 5.07. The highest BCUT2D eigenvalue weighted by Gasteiger charge is 2.04. The van der Waals surface area contributed by atoms with Gasteiger partial charge >= 0.3 is 0 Å². The topological polar surface area (TPSA) is 29.1 Å². The van der Waals surface area contributed by atoms with Gasteiger partial charge in [-0.15, -0.1) is 0 Å². The second kappa shape index (κ2) is 7.07. The Morgan fingerprint density at radius 2 is 1.52 bits per heavy atom. The fourth-order valence-corrected chi connectivity index (χ4v) is 2.48. The molecule has 0 unspecified atom stereocenters. The Morgan fingerprint density at radius 3 is 2.14 bits per heavy atom. The van der Waals surface area contributed by atoms with Crippen molar-refractivity contribution in [1.82, 2.24) is 0 Å². The average molecular weight is 281 g/mol. The van der Waals surface area contributed by atoms with Gasteiger partial charge in [-0.1, -0.05) is 35.9 Å². The Labute approximate surface area is 127 Å². The first-order chi connectivity index (χ1) is 10.0.